The van der Waals surface area contributed by atoms with Gasteiger partial charge in [-0.3, -0.25) is 19.2 Å². The Labute approximate surface area is 278 Å². The molecule has 1 unspecified atom stereocenters. The second-order valence-corrected chi connectivity index (χ2v) is 15.9. The van der Waals surface area contributed by atoms with Gasteiger partial charge in [0, 0.05) is 6.54 Å². The molecule has 3 fully saturated rings. The van der Waals surface area contributed by atoms with E-state index in [0.717, 1.165) is 32.1 Å². The van der Waals surface area contributed by atoms with Crippen molar-refractivity contribution in [2.45, 2.75) is 143 Å². The van der Waals surface area contributed by atoms with E-state index in [9.17, 15) is 33.9 Å². The first-order chi connectivity index (χ1) is 21.7. The van der Waals surface area contributed by atoms with Gasteiger partial charge in [0.2, 0.25) is 17.6 Å². The van der Waals surface area contributed by atoms with Gasteiger partial charge in [-0.1, -0.05) is 46.5 Å². The lowest BCUT2D eigenvalue weighted by Gasteiger charge is -2.37. The third-order valence-electron chi connectivity index (χ3n) is 9.39. The summed E-state index contributed by atoms with van der Waals surface area (Å²) in [4.78, 5) is 80.8. The van der Waals surface area contributed by atoms with E-state index in [1.165, 1.54) is 4.90 Å². The number of carbonyl (C=O) groups is 6. The number of aliphatic hydroxyl groups is 1. The molecule has 0 aromatic heterocycles. The van der Waals surface area contributed by atoms with Crippen LogP contribution in [0.3, 0.4) is 0 Å². The lowest BCUT2D eigenvalue weighted by molar-refractivity contribution is -0.164. The van der Waals surface area contributed by atoms with Gasteiger partial charge in [-0.2, -0.15) is 0 Å². The fourth-order valence-electron chi connectivity index (χ4n) is 6.98. The second kappa shape index (κ2) is 14.9. The summed E-state index contributed by atoms with van der Waals surface area (Å²) in [5.41, 5.74) is -1.81. The fourth-order valence-corrected chi connectivity index (χ4v) is 6.98. The van der Waals surface area contributed by atoms with E-state index in [1.807, 2.05) is 13.8 Å². The Hall–Kier alpha value is -3.22. The van der Waals surface area contributed by atoms with Gasteiger partial charge in [0.15, 0.2) is 6.10 Å². The maximum absolute atomic E-state index is 14.3. The summed E-state index contributed by atoms with van der Waals surface area (Å²) in [5, 5.41) is 17.9. The number of likely N-dealkylation sites (tertiary alicyclic amines) is 1. The molecule has 13 nitrogen and oxygen atoms in total. The van der Waals surface area contributed by atoms with Crippen molar-refractivity contribution in [2.24, 2.45) is 23.2 Å². The van der Waals surface area contributed by atoms with E-state index >= 15 is 0 Å². The van der Waals surface area contributed by atoms with E-state index in [-0.39, 0.29) is 35.5 Å². The zero-order chi connectivity index (χ0) is 35.5. The minimum absolute atomic E-state index is 0.0636. The topological polar surface area (TPSA) is 180 Å². The number of Topliss-reactive ketones (excluding diaryl/α,β-unsaturated/α-hetero) is 1. The Morgan fingerprint density at radius 3 is 2.06 bits per heavy atom. The van der Waals surface area contributed by atoms with E-state index < -0.39 is 71.6 Å². The van der Waals surface area contributed by atoms with Gasteiger partial charge in [0.25, 0.3) is 5.91 Å². The van der Waals surface area contributed by atoms with Crippen LogP contribution in [0, 0.1) is 23.2 Å². The first-order valence-corrected chi connectivity index (χ1v) is 17.0. The summed E-state index contributed by atoms with van der Waals surface area (Å²) in [5.74, 6) is -4.01. The molecule has 4 amide bonds. The number of fused-ring (bicyclic) bond motifs is 1. The maximum atomic E-state index is 14.3. The first-order valence-electron chi connectivity index (χ1n) is 17.0. The van der Waals surface area contributed by atoms with Crippen LogP contribution in [0.2, 0.25) is 0 Å². The molecule has 3 rings (SSSR count). The molecule has 0 bridgehead atoms. The van der Waals surface area contributed by atoms with Gasteiger partial charge in [-0.05, 0) is 84.0 Å². The van der Waals surface area contributed by atoms with Gasteiger partial charge in [0.1, 0.15) is 23.3 Å². The number of ether oxygens (including phenoxy) is 2. The highest BCUT2D eigenvalue weighted by Crippen LogP contribution is 2.65. The van der Waals surface area contributed by atoms with E-state index in [1.54, 1.807) is 48.5 Å². The molecule has 47 heavy (non-hydrogen) atoms. The van der Waals surface area contributed by atoms with Crippen LogP contribution in [0.4, 0.5) is 4.79 Å². The fraction of sp³-hybridized carbons (Fsp3) is 0.824. The molecular formula is C34H56N4O9. The SMILES string of the molecule is CCC[C@H](NC(=O)[C@@H]1[C@@H]2[C@H](CN1C(=O)[C@@H](NC(=O)OC(C)(C)C)C1CCCCC1)C2(C)C)C(=O)C(=O)NCC(O)C(=O)OC(C)(C)C. The van der Waals surface area contributed by atoms with Crippen molar-refractivity contribution in [1.29, 1.82) is 0 Å². The summed E-state index contributed by atoms with van der Waals surface area (Å²) in [7, 11) is 0. The molecule has 13 heteroatoms. The lowest BCUT2D eigenvalue weighted by Crippen LogP contribution is -2.60. The van der Waals surface area contributed by atoms with Crippen LogP contribution in [0.25, 0.3) is 0 Å². The highest BCUT2D eigenvalue weighted by molar-refractivity contribution is 6.38. The molecule has 4 N–H and O–H groups in total. The molecule has 1 aliphatic heterocycles. The van der Waals surface area contributed by atoms with Crippen LogP contribution in [0.5, 0.6) is 0 Å². The van der Waals surface area contributed by atoms with Crippen LogP contribution < -0.4 is 16.0 Å². The molecule has 1 saturated heterocycles. The average molecular weight is 665 g/mol. The Balaban J connectivity index is 1.76. The zero-order valence-electron chi connectivity index (χ0n) is 29.6. The summed E-state index contributed by atoms with van der Waals surface area (Å²) in [6, 6.07) is -2.94. The van der Waals surface area contributed by atoms with Crippen LogP contribution in [-0.4, -0.2) is 94.1 Å². The number of ketones is 1. The molecule has 2 saturated carbocycles. The average Bonchev–Trinajstić information content (AvgIpc) is 3.27. The largest absolute Gasteiger partial charge is 0.458 e. The molecule has 0 radical (unpaired) electrons. The quantitative estimate of drug-likeness (QED) is 0.180. The number of nitrogens with zero attached hydrogens (tertiary/aromatic N) is 1. The molecule has 0 aromatic rings. The van der Waals surface area contributed by atoms with Crippen molar-refractivity contribution >= 4 is 35.6 Å². The summed E-state index contributed by atoms with van der Waals surface area (Å²) in [6.07, 6.45) is 2.72. The van der Waals surface area contributed by atoms with E-state index in [2.05, 4.69) is 16.0 Å². The zero-order valence-corrected chi connectivity index (χ0v) is 29.6. The molecular weight excluding hydrogens is 608 g/mol. The number of piperidine rings is 1. The van der Waals surface area contributed by atoms with Crippen molar-refractivity contribution in [1.82, 2.24) is 20.9 Å². The minimum atomic E-state index is -1.68. The Morgan fingerprint density at radius 1 is 0.915 bits per heavy atom. The maximum Gasteiger partial charge on any atom is 0.408 e. The van der Waals surface area contributed by atoms with Crippen LogP contribution in [0.1, 0.15) is 107 Å². The molecule has 6 atom stereocenters. The number of amides is 4. The molecule has 3 aliphatic rings. The van der Waals surface area contributed by atoms with Crippen molar-refractivity contribution in [2.75, 3.05) is 13.1 Å². The van der Waals surface area contributed by atoms with Gasteiger partial charge in [0.05, 0.1) is 12.6 Å². The molecule has 0 spiro atoms. The highest BCUT2D eigenvalue weighted by Gasteiger charge is 2.69. The predicted molar refractivity (Wildman–Crippen MR) is 173 cm³/mol. The highest BCUT2D eigenvalue weighted by atomic mass is 16.6. The molecule has 2 aliphatic carbocycles. The number of esters is 1. The predicted octanol–water partition coefficient (Wildman–Crippen LogP) is 2.62. The van der Waals surface area contributed by atoms with Crippen LogP contribution in [0.15, 0.2) is 0 Å². The van der Waals surface area contributed by atoms with Gasteiger partial charge in [-0.25, -0.2) is 9.59 Å². The summed E-state index contributed by atoms with van der Waals surface area (Å²) < 4.78 is 10.6. The number of nitrogens with one attached hydrogen (secondary N) is 3. The number of alkyl carbamates (subject to hydrolysis) is 1. The Kier molecular flexibility index (Phi) is 12.1. The van der Waals surface area contributed by atoms with Crippen LogP contribution >= 0.6 is 0 Å². The smallest absolute Gasteiger partial charge is 0.408 e. The normalized spacial score (nSPS) is 24.2. The third-order valence-corrected chi connectivity index (χ3v) is 9.39. The van der Waals surface area contributed by atoms with Gasteiger partial charge in [-0.15, -0.1) is 0 Å². The minimum Gasteiger partial charge on any atom is -0.458 e. The van der Waals surface area contributed by atoms with Gasteiger partial charge < -0.3 is 35.4 Å². The van der Waals surface area contributed by atoms with Gasteiger partial charge >= 0.3 is 12.1 Å². The molecule has 1 heterocycles. The second-order valence-electron chi connectivity index (χ2n) is 15.9. The number of rotatable bonds is 12. The number of carbonyl (C=O) groups excluding carboxylic acids is 6. The van der Waals surface area contributed by atoms with Crippen molar-refractivity contribution in [3.63, 3.8) is 0 Å². The number of hydrogen-bond donors (Lipinski definition) is 4. The first kappa shape index (κ1) is 38.2. The Bertz CT molecular complexity index is 1200. The molecule has 266 valence electrons. The van der Waals surface area contributed by atoms with Crippen molar-refractivity contribution in [3.8, 4) is 0 Å². The third kappa shape index (κ3) is 9.90. The summed E-state index contributed by atoms with van der Waals surface area (Å²) >= 11 is 0. The Morgan fingerprint density at radius 2 is 1.51 bits per heavy atom. The lowest BCUT2D eigenvalue weighted by atomic mass is 9.83. The van der Waals surface area contributed by atoms with E-state index in [4.69, 9.17) is 9.47 Å². The monoisotopic (exact) mass is 664 g/mol. The number of hydrogen-bond acceptors (Lipinski definition) is 9. The summed E-state index contributed by atoms with van der Waals surface area (Å²) in [6.45, 7) is 15.8. The van der Waals surface area contributed by atoms with E-state index in [0.29, 0.717) is 13.0 Å². The van der Waals surface area contributed by atoms with Crippen molar-refractivity contribution in [3.05, 3.63) is 0 Å². The molecule has 0 aromatic carbocycles. The standard InChI is InChI=1S/C34H56N4O9/c1-10-14-21(26(40)28(42)35-17-22(39)30(44)46-32(2,3)4)36-27(41)25-23-20(34(23,8)9)18-38(25)29(43)24(19-15-12-11-13-16-19)37-31(45)47-33(5,6)7/h19-25,39H,10-18H2,1-9H3,(H,35,42)(H,36,41)(H,37,45)/t20-,21-,22?,23-,24-,25-/m0/s1. The number of aliphatic hydroxyl groups excluding tert-OH is 1. The van der Waals surface area contributed by atoms with Crippen LogP contribution in [-0.2, 0) is 33.4 Å². The van der Waals surface area contributed by atoms with Crippen molar-refractivity contribution < 1.29 is 43.3 Å².